The van der Waals surface area contributed by atoms with Crippen LogP contribution in [-0.4, -0.2) is 31.9 Å². The van der Waals surface area contributed by atoms with Gasteiger partial charge in [-0.2, -0.15) is 0 Å². The van der Waals surface area contributed by atoms with Crippen molar-refractivity contribution in [1.29, 1.82) is 0 Å². The fraction of sp³-hybridized carbons (Fsp3) is 0.192. The summed E-state index contributed by atoms with van der Waals surface area (Å²) in [5, 5.41) is 1.82. The molecule has 0 aliphatic carbocycles. The zero-order valence-electron chi connectivity index (χ0n) is 17.9. The number of halogens is 1. The molecule has 4 rings (SSSR count). The van der Waals surface area contributed by atoms with Crippen LogP contribution in [0.25, 0.3) is 20.5 Å². The molecule has 0 saturated heterocycles. The maximum Gasteiger partial charge on any atom is 0.195 e. The van der Waals surface area contributed by atoms with E-state index in [2.05, 4.69) is 15.9 Å². The Morgan fingerprint density at radius 3 is 2.19 bits per heavy atom. The quantitative estimate of drug-likeness (QED) is 0.138. The topological polar surface area (TPSA) is 44.8 Å². The summed E-state index contributed by atoms with van der Waals surface area (Å²) in [6.45, 7) is 0.636. The highest BCUT2D eigenvalue weighted by Crippen LogP contribution is 2.41. The average Bonchev–Trinajstić information content (AvgIpc) is 3.23. The van der Waals surface area contributed by atoms with Gasteiger partial charge >= 0.3 is 0 Å². The van der Waals surface area contributed by atoms with Crippen molar-refractivity contribution < 1.29 is 19.0 Å². The van der Waals surface area contributed by atoms with E-state index in [-0.39, 0.29) is 5.78 Å². The second-order valence-corrected chi connectivity index (χ2v) is 8.99. The Morgan fingerprint density at radius 1 is 0.875 bits per heavy atom. The molecular weight excluding hydrogens is 488 g/mol. The fourth-order valence-electron chi connectivity index (χ4n) is 3.47. The van der Waals surface area contributed by atoms with E-state index >= 15 is 0 Å². The van der Waals surface area contributed by atoms with Crippen molar-refractivity contribution in [2.75, 3.05) is 26.2 Å². The van der Waals surface area contributed by atoms with Crippen LogP contribution in [-0.2, 0) is 0 Å². The first kappa shape index (κ1) is 22.4. The van der Waals surface area contributed by atoms with Crippen molar-refractivity contribution in [3.8, 4) is 27.7 Å². The molecule has 1 heterocycles. The Balaban J connectivity index is 1.76. The van der Waals surface area contributed by atoms with Gasteiger partial charge < -0.3 is 14.2 Å². The van der Waals surface area contributed by atoms with E-state index in [1.54, 1.807) is 25.6 Å². The second-order valence-electron chi connectivity index (χ2n) is 7.14. The number of benzene rings is 3. The number of methoxy groups -OCH3 is 2. The molecule has 32 heavy (non-hydrogen) atoms. The van der Waals surface area contributed by atoms with Crippen molar-refractivity contribution in [3.05, 3.63) is 77.9 Å². The Morgan fingerprint density at radius 2 is 1.53 bits per heavy atom. The number of alkyl halides is 1. The molecule has 6 heteroatoms. The SMILES string of the molecule is COc1ccc(-c2sc3cc(OC)ccc3c2C(=O)c2ccc(OCCCBr)cc2)cc1. The molecule has 0 radical (unpaired) electrons. The van der Waals surface area contributed by atoms with Gasteiger partial charge in [-0.3, -0.25) is 4.79 Å². The highest BCUT2D eigenvalue weighted by Gasteiger charge is 2.22. The summed E-state index contributed by atoms with van der Waals surface area (Å²) in [4.78, 5) is 14.6. The highest BCUT2D eigenvalue weighted by molar-refractivity contribution is 9.09. The molecule has 1 aromatic heterocycles. The van der Waals surface area contributed by atoms with Crippen molar-refractivity contribution in [3.63, 3.8) is 0 Å². The Kier molecular flexibility index (Phi) is 7.12. The molecular formula is C26H23BrO4S. The first-order valence-electron chi connectivity index (χ1n) is 10.2. The molecule has 0 spiro atoms. The van der Waals surface area contributed by atoms with Gasteiger partial charge in [-0.1, -0.05) is 15.9 Å². The zero-order valence-corrected chi connectivity index (χ0v) is 20.3. The molecule has 0 aliphatic rings. The normalized spacial score (nSPS) is 10.8. The van der Waals surface area contributed by atoms with Gasteiger partial charge in [0.15, 0.2) is 5.78 Å². The number of fused-ring (bicyclic) bond motifs is 1. The molecule has 0 amide bonds. The maximum atomic E-state index is 13.7. The molecule has 0 atom stereocenters. The third-order valence-corrected chi connectivity index (χ3v) is 6.90. The van der Waals surface area contributed by atoms with Gasteiger partial charge in [0.25, 0.3) is 0 Å². The summed E-state index contributed by atoms with van der Waals surface area (Å²) >= 11 is 4.99. The van der Waals surface area contributed by atoms with Crippen LogP contribution in [0.1, 0.15) is 22.3 Å². The van der Waals surface area contributed by atoms with E-state index < -0.39 is 0 Å². The third kappa shape index (κ3) is 4.66. The van der Waals surface area contributed by atoms with Crippen LogP contribution in [0.4, 0.5) is 0 Å². The van der Waals surface area contributed by atoms with E-state index in [9.17, 15) is 4.79 Å². The Bertz CT molecular complexity index is 1210. The molecule has 4 aromatic rings. The lowest BCUT2D eigenvalue weighted by Gasteiger charge is -2.08. The van der Waals surface area contributed by atoms with E-state index in [1.807, 2.05) is 66.7 Å². The van der Waals surface area contributed by atoms with E-state index in [0.29, 0.717) is 17.7 Å². The Hall–Kier alpha value is -2.83. The molecule has 3 aromatic carbocycles. The van der Waals surface area contributed by atoms with Crippen LogP contribution in [0, 0.1) is 0 Å². The van der Waals surface area contributed by atoms with Gasteiger partial charge in [0.05, 0.1) is 20.8 Å². The maximum absolute atomic E-state index is 13.7. The molecule has 0 aliphatic heterocycles. The molecule has 0 saturated carbocycles. The largest absolute Gasteiger partial charge is 0.497 e. The number of thiophene rings is 1. The van der Waals surface area contributed by atoms with Crippen molar-refractivity contribution >= 4 is 43.1 Å². The van der Waals surface area contributed by atoms with Gasteiger partial charge in [-0.25, -0.2) is 0 Å². The van der Waals surface area contributed by atoms with Crippen LogP contribution >= 0.6 is 27.3 Å². The van der Waals surface area contributed by atoms with Crippen molar-refractivity contribution in [1.82, 2.24) is 0 Å². The monoisotopic (exact) mass is 510 g/mol. The molecule has 164 valence electrons. The van der Waals surface area contributed by atoms with Crippen LogP contribution in [0.3, 0.4) is 0 Å². The third-order valence-electron chi connectivity index (χ3n) is 5.14. The van der Waals surface area contributed by atoms with Crippen LogP contribution < -0.4 is 14.2 Å². The smallest absolute Gasteiger partial charge is 0.195 e. The van der Waals surface area contributed by atoms with Crippen molar-refractivity contribution in [2.45, 2.75) is 6.42 Å². The summed E-state index contributed by atoms with van der Waals surface area (Å²) < 4.78 is 17.4. The molecule has 0 N–H and O–H groups in total. The number of hydrogen-bond acceptors (Lipinski definition) is 5. The molecule has 0 fully saturated rings. The fourth-order valence-corrected chi connectivity index (χ4v) is 4.93. The summed E-state index contributed by atoms with van der Waals surface area (Å²) in [7, 11) is 3.29. The number of carbonyl (C=O) groups excluding carboxylic acids is 1. The lowest BCUT2D eigenvalue weighted by atomic mass is 9.97. The second kappa shape index (κ2) is 10.2. The minimum Gasteiger partial charge on any atom is -0.497 e. The summed E-state index contributed by atoms with van der Waals surface area (Å²) in [5.41, 5.74) is 2.30. The number of ketones is 1. The minimum absolute atomic E-state index is 0.0146. The standard InChI is InChI=1S/C26H23BrO4S/c1-29-19-8-6-18(7-9-19)26-24(22-13-12-21(30-2)16-23(22)32-26)25(28)17-4-10-20(11-5-17)31-15-3-14-27/h4-13,16H,3,14-15H2,1-2H3. The first-order valence-corrected chi connectivity index (χ1v) is 12.2. The van der Waals surface area contributed by atoms with Gasteiger partial charge in [-0.05, 0) is 78.7 Å². The summed E-state index contributed by atoms with van der Waals surface area (Å²) in [6, 6.07) is 21.0. The first-order chi connectivity index (χ1) is 15.6. The summed E-state index contributed by atoms with van der Waals surface area (Å²) in [6.07, 6.45) is 0.927. The number of ether oxygens (including phenoxy) is 3. The van der Waals surface area contributed by atoms with Gasteiger partial charge in [0, 0.05) is 31.4 Å². The van der Waals surface area contributed by atoms with E-state index in [4.69, 9.17) is 14.2 Å². The number of rotatable bonds is 9. The minimum atomic E-state index is -0.0146. The number of hydrogen-bond donors (Lipinski definition) is 0. The number of carbonyl (C=O) groups is 1. The Labute approximate surface area is 199 Å². The predicted octanol–water partition coefficient (Wildman–Crippen LogP) is 6.98. The average molecular weight is 511 g/mol. The molecule has 0 unspecified atom stereocenters. The molecule has 0 bridgehead atoms. The van der Waals surface area contributed by atoms with E-state index in [0.717, 1.165) is 49.5 Å². The zero-order chi connectivity index (χ0) is 22.5. The van der Waals surface area contributed by atoms with E-state index in [1.165, 1.54) is 0 Å². The lowest BCUT2D eigenvalue weighted by molar-refractivity contribution is 0.104. The lowest BCUT2D eigenvalue weighted by Crippen LogP contribution is -2.03. The summed E-state index contributed by atoms with van der Waals surface area (Å²) in [5.74, 6) is 2.29. The van der Waals surface area contributed by atoms with Gasteiger partial charge in [-0.15, -0.1) is 11.3 Å². The van der Waals surface area contributed by atoms with Crippen LogP contribution in [0.5, 0.6) is 17.2 Å². The van der Waals surface area contributed by atoms with Gasteiger partial charge in [0.1, 0.15) is 17.2 Å². The highest BCUT2D eigenvalue weighted by atomic mass is 79.9. The van der Waals surface area contributed by atoms with Gasteiger partial charge in [0.2, 0.25) is 0 Å². The molecule has 4 nitrogen and oxygen atoms in total. The van der Waals surface area contributed by atoms with Crippen molar-refractivity contribution in [2.24, 2.45) is 0 Å². The van der Waals surface area contributed by atoms with Crippen LogP contribution in [0.15, 0.2) is 66.7 Å². The van der Waals surface area contributed by atoms with Crippen LogP contribution in [0.2, 0.25) is 0 Å². The predicted molar refractivity (Wildman–Crippen MR) is 134 cm³/mol.